The second kappa shape index (κ2) is 10.1. The first-order valence-electron chi connectivity index (χ1n) is 9.63. The number of nitrogens with one attached hydrogen (secondary N) is 2. The van der Waals surface area contributed by atoms with E-state index in [1.165, 1.54) is 11.1 Å². The molecule has 0 saturated carbocycles. The van der Waals surface area contributed by atoms with Crippen LogP contribution in [-0.4, -0.2) is 47.9 Å². The molecule has 0 saturated heterocycles. The number of aromatic nitrogens is 1. The average Bonchev–Trinajstić information content (AvgIpc) is 2.72. The minimum absolute atomic E-state index is 0.0496. The van der Waals surface area contributed by atoms with Crippen molar-refractivity contribution >= 4 is 23.5 Å². The van der Waals surface area contributed by atoms with E-state index in [-0.39, 0.29) is 12.5 Å². The SMILES string of the molecule is CCNC(=NCC(=O)N1CCc2ccccc2C1)NCCc1ccc(Cl)nc1. The molecule has 6 nitrogen and oxygen atoms in total. The zero-order chi connectivity index (χ0) is 19.8. The van der Waals surface area contributed by atoms with E-state index >= 15 is 0 Å². The Labute approximate surface area is 171 Å². The van der Waals surface area contributed by atoms with E-state index in [0.29, 0.717) is 24.2 Å². The number of hydrogen-bond acceptors (Lipinski definition) is 3. The van der Waals surface area contributed by atoms with Gasteiger partial charge in [-0.15, -0.1) is 0 Å². The van der Waals surface area contributed by atoms with Crippen molar-refractivity contribution in [3.05, 3.63) is 64.4 Å². The normalized spacial score (nSPS) is 13.8. The molecule has 0 atom stereocenters. The summed E-state index contributed by atoms with van der Waals surface area (Å²) in [7, 11) is 0. The van der Waals surface area contributed by atoms with Crippen molar-refractivity contribution in [1.82, 2.24) is 20.5 Å². The quantitative estimate of drug-likeness (QED) is 0.444. The summed E-state index contributed by atoms with van der Waals surface area (Å²) in [5.41, 5.74) is 3.66. The number of carbonyl (C=O) groups is 1. The summed E-state index contributed by atoms with van der Waals surface area (Å²) in [6.07, 6.45) is 3.47. The zero-order valence-corrected chi connectivity index (χ0v) is 16.9. The predicted molar refractivity (Wildman–Crippen MR) is 112 cm³/mol. The molecule has 0 spiro atoms. The third kappa shape index (κ3) is 5.70. The fraction of sp³-hybridized carbons (Fsp3) is 0.381. The van der Waals surface area contributed by atoms with Gasteiger partial charge in [-0.05, 0) is 42.5 Å². The van der Waals surface area contributed by atoms with Crippen LogP contribution in [0.5, 0.6) is 0 Å². The molecule has 1 aliphatic heterocycles. The molecule has 1 aromatic carbocycles. The highest BCUT2D eigenvalue weighted by Gasteiger charge is 2.19. The molecule has 3 rings (SSSR count). The highest BCUT2D eigenvalue weighted by Crippen LogP contribution is 2.18. The number of guanidine groups is 1. The maximum Gasteiger partial charge on any atom is 0.244 e. The van der Waals surface area contributed by atoms with Gasteiger partial charge in [0.2, 0.25) is 5.91 Å². The van der Waals surface area contributed by atoms with Gasteiger partial charge in [0, 0.05) is 32.4 Å². The minimum Gasteiger partial charge on any atom is -0.357 e. The topological polar surface area (TPSA) is 69.6 Å². The average molecular weight is 400 g/mol. The third-order valence-corrected chi connectivity index (χ3v) is 4.92. The molecule has 148 valence electrons. The van der Waals surface area contributed by atoms with Crippen molar-refractivity contribution in [3.8, 4) is 0 Å². The Morgan fingerprint density at radius 2 is 2.04 bits per heavy atom. The first kappa shape index (κ1) is 20.1. The van der Waals surface area contributed by atoms with Crippen molar-refractivity contribution in [2.75, 3.05) is 26.2 Å². The standard InChI is InChI=1S/C21H26ClN5O/c1-2-23-21(24-11-9-16-7-8-19(22)25-13-16)26-14-20(28)27-12-10-17-5-3-4-6-18(17)15-27/h3-8,13H,2,9-12,14-15H2,1H3,(H2,23,24,26). The highest BCUT2D eigenvalue weighted by atomic mass is 35.5. The van der Waals surface area contributed by atoms with Gasteiger partial charge in [-0.2, -0.15) is 0 Å². The van der Waals surface area contributed by atoms with Crippen molar-refractivity contribution in [2.45, 2.75) is 26.3 Å². The number of aliphatic imine (C=N–C) groups is 1. The van der Waals surface area contributed by atoms with Crippen LogP contribution in [0, 0.1) is 0 Å². The number of amides is 1. The number of benzene rings is 1. The molecule has 7 heteroatoms. The molecule has 0 bridgehead atoms. The molecule has 28 heavy (non-hydrogen) atoms. The highest BCUT2D eigenvalue weighted by molar-refractivity contribution is 6.29. The lowest BCUT2D eigenvalue weighted by Gasteiger charge is -2.28. The van der Waals surface area contributed by atoms with E-state index in [4.69, 9.17) is 11.6 Å². The lowest BCUT2D eigenvalue weighted by atomic mass is 10.00. The molecule has 2 aromatic rings. The van der Waals surface area contributed by atoms with Gasteiger partial charge in [0.15, 0.2) is 5.96 Å². The van der Waals surface area contributed by atoms with Gasteiger partial charge >= 0.3 is 0 Å². The summed E-state index contributed by atoms with van der Waals surface area (Å²) in [4.78, 5) is 23.0. The molecule has 0 unspecified atom stereocenters. The smallest absolute Gasteiger partial charge is 0.244 e. The predicted octanol–water partition coefficient (Wildman–Crippen LogP) is 2.42. The fourth-order valence-electron chi connectivity index (χ4n) is 3.18. The number of fused-ring (bicyclic) bond motifs is 1. The van der Waals surface area contributed by atoms with E-state index in [2.05, 4.69) is 38.8 Å². The lowest BCUT2D eigenvalue weighted by molar-refractivity contribution is -0.130. The Morgan fingerprint density at radius 1 is 1.21 bits per heavy atom. The zero-order valence-electron chi connectivity index (χ0n) is 16.1. The van der Waals surface area contributed by atoms with Gasteiger partial charge in [-0.1, -0.05) is 41.9 Å². The van der Waals surface area contributed by atoms with Gasteiger partial charge in [0.25, 0.3) is 0 Å². The Kier molecular flexibility index (Phi) is 7.25. The van der Waals surface area contributed by atoms with Crippen molar-refractivity contribution in [2.24, 2.45) is 4.99 Å². The van der Waals surface area contributed by atoms with E-state index in [9.17, 15) is 4.79 Å². The second-order valence-corrected chi connectivity index (χ2v) is 7.08. The van der Waals surface area contributed by atoms with E-state index in [1.807, 2.05) is 24.0 Å². The summed E-state index contributed by atoms with van der Waals surface area (Å²) < 4.78 is 0. The molecule has 0 radical (unpaired) electrons. The number of rotatable bonds is 6. The van der Waals surface area contributed by atoms with Gasteiger partial charge in [0.05, 0.1) is 0 Å². The Bertz CT molecular complexity index is 822. The minimum atomic E-state index is 0.0496. The molecule has 1 aliphatic rings. The first-order valence-corrected chi connectivity index (χ1v) is 10.0. The van der Waals surface area contributed by atoms with E-state index in [1.54, 1.807) is 12.3 Å². The summed E-state index contributed by atoms with van der Waals surface area (Å²) in [6.45, 7) is 4.99. The second-order valence-electron chi connectivity index (χ2n) is 6.70. The number of carbonyl (C=O) groups excluding carboxylic acids is 1. The van der Waals surface area contributed by atoms with Gasteiger partial charge in [0.1, 0.15) is 11.7 Å². The fourth-order valence-corrected chi connectivity index (χ4v) is 3.29. The van der Waals surface area contributed by atoms with Crippen LogP contribution in [0.4, 0.5) is 0 Å². The largest absolute Gasteiger partial charge is 0.357 e. The van der Waals surface area contributed by atoms with Crippen molar-refractivity contribution in [1.29, 1.82) is 0 Å². The van der Waals surface area contributed by atoms with Crippen LogP contribution in [0.2, 0.25) is 5.15 Å². The van der Waals surface area contributed by atoms with E-state index in [0.717, 1.165) is 31.5 Å². The number of nitrogens with zero attached hydrogens (tertiary/aromatic N) is 3. The third-order valence-electron chi connectivity index (χ3n) is 4.69. The maximum atomic E-state index is 12.6. The van der Waals surface area contributed by atoms with Crippen LogP contribution < -0.4 is 10.6 Å². The molecular formula is C21H26ClN5O. The van der Waals surface area contributed by atoms with Gasteiger partial charge in [-0.3, -0.25) is 4.79 Å². The molecule has 2 N–H and O–H groups in total. The number of pyridine rings is 1. The molecule has 0 fully saturated rings. The molecular weight excluding hydrogens is 374 g/mol. The summed E-state index contributed by atoms with van der Waals surface area (Å²) in [6, 6.07) is 12.0. The van der Waals surface area contributed by atoms with Gasteiger partial charge in [-0.25, -0.2) is 9.98 Å². The molecule has 0 aliphatic carbocycles. The van der Waals surface area contributed by atoms with Crippen LogP contribution in [-0.2, 0) is 24.2 Å². The van der Waals surface area contributed by atoms with Gasteiger partial charge < -0.3 is 15.5 Å². The maximum absolute atomic E-state index is 12.6. The van der Waals surface area contributed by atoms with Crippen molar-refractivity contribution < 1.29 is 4.79 Å². The first-order chi connectivity index (χ1) is 13.7. The summed E-state index contributed by atoms with van der Waals surface area (Å²) in [5.74, 6) is 0.698. The van der Waals surface area contributed by atoms with Crippen molar-refractivity contribution in [3.63, 3.8) is 0 Å². The molecule has 2 heterocycles. The van der Waals surface area contributed by atoms with E-state index < -0.39 is 0 Å². The van der Waals surface area contributed by atoms with Crippen LogP contribution >= 0.6 is 11.6 Å². The number of hydrogen-bond donors (Lipinski definition) is 2. The van der Waals surface area contributed by atoms with Crippen LogP contribution in [0.1, 0.15) is 23.6 Å². The Hall–Kier alpha value is -2.60. The van der Waals surface area contributed by atoms with Crippen LogP contribution in [0.15, 0.2) is 47.6 Å². The monoisotopic (exact) mass is 399 g/mol. The lowest BCUT2D eigenvalue weighted by Crippen LogP contribution is -2.41. The summed E-state index contributed by atoms with van der Waals surface area (Å²) in [5, 5.41) is 6.94. The molecule has 1 aromatic heterocycles. The summed E-state index contributed by atoms with van der Waals surface area (Å²) >= 11 is 5.81. The number of halogens is 1. The Morgan fingerprint density at radius 3 is 2.79 bits per heavy atom. The van der Waals surface area contributed by atoms with Crippen LogP contribution in [0.25, 0.3) is 0 Å². The Balaban J connectivity index is 1.50. The molecule has 1 amide bonds. The van der Waals surface area contributed by atoms with Crippen LogP contribution in [0.3, 0.4) is 0 Å².